The first kappa shape index (κ1) is 15.4. The van der Waals surface area contributed by atoms with Crippen molar-refractivity contribution in [2.45, 2.75) is 0 Å². The molecule has 1 amide bonds. The number of hydrogen-bond donors (Lipinski definition) is 2. The van der Waals surface area contributed by atoms with Crippen molar-refractivity contribution in [1.29, 1.82) is 5.26 Å². The summed E-state index contributed by atoms with van der Waals surface area (Å²) in [5.74, 6) is 1.06. The Kier molecular flexibility index (Phi) is 4.58. The number of nitrogens with zero attached hydrogens (tertiary/aromatic N) is 2. The van der Waals surface area contributed by atoms with Crippen LogP contribution in [0.4, 0.5) is 5.69 Å². The number of anilines is 1. The lowest BCUT2D eigenvalue weighted by atomic mass is 10.2. The number of carbonyl (C=O) groups excluding carboxylic acids is 1. The predicted octanol–water partition coefficient (Wildman–Crippen LogP) is 1.85. The van der Waals surface area contributed by atoms with Crippen molar-refractivity contribution >= 4 is 17.8 Å². The van der Waals surface area contributed by atoms with Gasteiger partial charge in [0.25, 0.3) is 5.91 Å². The van der Waals surface area contributed by atoms with Crippen LogP contribution in [0.3, 0.4) is 0 Å². The van der Waals surface area contributed by atoms with Crippen LogP contribution in [0.1, 0.15) is 11.1 Å². The van der Waals surface area contributed by atoms with Crippen molar-refractivity contribution in [1.82, 2.24) is 5.43 Å². The summed E-state index contributed by atoms with van der Waals surface area (Å²) in [6.07, 6.45) is 1.51. The zero-order chi connectivity index (χ0) is 16.8. The maximum atomic E-state index is 11.8. The Balaban J connectivity index is 1.47. The number of carbonyl (C=O) groups is 1. The van der Waals surface area contributed by atoms with Crippen molar-refractivity contribution in [3.8, 4) is 17.6 Å². The summed E-state index contributed by atoms with van der Waals surface area (Å²) in [7, 11) is 0. The highest BCUT2D eigenvalue weighted by molar-refractivity contribution is 5.84. The molecule has 0 spiro atoms. The molecule has 120 valence electrons. The molecule has 0 aromatic heterocycles. The maximum absolute atomic E-state index is 11.8. The second-order valence-corrected chi connectivity index (χ2v) is 4.95. The van der Waals surface area contributed by atoms with Crippen LogP contribution >= 0.6 is 0 Å². The first-order valence-corrected chi connectivity index (χ1v) is 7.20. The molecule has 2 aromatic carbocycles. The Bertz CT molecular complexity index is 810. The van der Waals surface area contributed by atoms with Crippen molar-refractivity contribution in [2.75, 3.05) is 18.7 Å². The minimum Gasteiger partial charge on any atom is -0.454 e. The third-order valence-electron chi connectivity index (χ3n) is 3.27. The summed E-state index contributed by atoms with van der Waals surface area (Å²) in [6, 6.07) is 14.3. The van der Waals surface area contributed by atoms with E-state index in [0.717, 1.165) is 11.3 Å². The van der Waals surface area contributed by atoms with E-state index in [1.54, 1.807) is 42.5 Å². The Labute approximate surface area is 138 Å². The van der Waals surface area contributed by atoms with E-state index in [-0.39, 0.29) is 19.2 Å². The number of rotatable bonds is 5. The number of ether oxygens (including phenoxy) is 2. The second kappa shape index (κ2) is 7.15. The molecule has 7 nitrogen and oxygen atoms in total. The van der Waals surface area contributed by atoms with E-state index >= 15 is 0 Å². The monoisotopic (exact) mass is 322 g/mol. The summed E-state index contributed by atoms with van der Waals surface area (Å²) in [4.78, 5) is 11.8. The molecular formula is C17H14N4O3. The van der Waals surface area contributed by atoms with Gasteiger partial charge in [0.05, 0.1) is 24.4 Å². The highest BCUT2D eigenvalue weighted by Gasteiger charge is 2.13. The van der Waals surface area contributed by atoms with Crippen LogP contribution < -0.4 is 20.2 Å². The molecule has 2 N–H and O–H groups in total. The molecule has 0 bridgehead atoms. The SMILES string of the molecule is N#Cc1ccc(C=NNC(=O)CNc2ccc3c(c2)OCO3)cc1. The third kappa shape index (κ3) is 3.81. The molecule has 1 aliphatic rings. The number of nitrogens with one attached hydrogen (secondary N) is 2. The van der Waals surface area contributed by atoms with E-state index in [9.17, 15) is 4.79 Å². The van der Waals surface area contributed by atoms with Gasteiger partial charge in [-0.3, -0.25) is 4.79 Å². The lowest BCUT2D eigenvalue weighted by molar-refractivity contribution is -0.119. The molecule has 1 aliphatic heterocycles. The average molecular weight is 322 g/mol. The average Bonchev–Trinajstić information content (AvgIpc) is 3.08. The molecule has 0 saturated carbocycles. The molecule has 1 heterocycles. The van der Waals surface area contributed by atoms with Crippen LogP contribution in [-0.2, 0) is 4.79 Å². The predicted molar refractivity (Wildman–Crippen MR) is 87.9 cm³/mol. The maximum Gasteiger partial charge on any atom is 0.259 e. The van der Waals surface area contributed by atoms with E-state index in [1.165, 1.54) is 6.21 Å². The first-order valence-electron chi connectivity index (χ1n) is 7.20. The number of hydrazone groups is 1. The largest absolute Gasteiger partial charge is 0.454 e. The molecule has 0 fully saturated rings. The lowest BCUT2D eigenvalue weighted by Crippen LogP contribution is -2.25. The Morgan fingerprint density at radius 2 is 2.00 bits per heavy atom. The van der Waals surface area contributed by atoms with Gasteiger partial charge in [0.15, 0.2) is 11.5 Å². The first-order chi connectivity index (χ1) is 11.7. The minimum absolute atomic E-state index is 0.0738. The minimum atomic E-state index is -0.280. The summed E-state index contributed by atoms with van der Waals surface area (Å²) < 4.78 is 10.5. The fraction of sp³-hybridized carbons (Fsp3) is 0.118. The molecule has 0 unspecified atom stereocenters. The molecule has 7 heteroatoms. The van der Waals surface area contributed by atoms with Crippen LogP contribution in [-0.4, -0.2) is 25.5 Å². The van der Waals surface area contributed by atoms with Gasteiger partial charge in [0, 0.05) is 11.8 Å². The molecule has 0 aliphatic carbocycles. The van der Waals surface area contributed by atoms with E-state index in [4.69, 9.17) is 14.7 Å². The van der Waals surface area contributed by atoms with Gasteiger partial charge < -0.3 is 14.8 Å². The van der Waals surface area contributed by atoms with Crippen LogP contribution in [0, 0.1) is 11.3 Å². The summed E-state index contributed by atoms with van der Waals surface area (Å²) in [5, 5.41) is 15.6. The highest BCUT2D eigenvalue weighted by Crippen LogP contribution is 2.34. The lowest BCUT2D eigenvalue weighted by Gasteiger charge is -2.06. The van der Waals surface area contributed by atoms with Gasteiger partial charge in [-0.1, -0.05) is 12.1 Å². The Hall–Kier alpha value is -3.53. The number of benzene rings is 2. The molecule has 0 atom stereocenters. The van der Waals surface area contributed by atoms with E-state index in [2.05, 4.69) is 15.8 Å². The number of hydrogen-bond acceptors (Lipinski definition) is 6. The van der Waals surface area contributed by atoms with Crippen LogP contribution in [0.15, 0.2) is 47.6 Å². The zero-order valence-electron chi connectivity index (χ0n) is 12.7. The van der Waals surface area contributed by atoms with Crippen LogP contribution in [0.2, 0.25) is 0 Å². The van der Waals surface area contributed by atoms with Crippen LogP contribution in [0.25, 0.3) is 0 Å². The normalized spacial score (nSPS) is 12.0. The van der Waals surface area contributed by atoms with Crippen LogP contribution in [0.5, 0.6) is 11.5 Å². The fourth-order valence-corrected chi connectivity index (χ4v) is 2.05. The summed E-state index contributed by atoms with van der Waals surface area (Å²) in [5.41, 5.74) is 4.55. The zero-order valence-corrected chi connectivity index (χ0v) is 12.7. The van der Waals surface area contributed by atoms with E-state index in [0.29, 0.717) is 17.1 Å². The molecular weight excluding hydrogens is 308 g/mol. The number of nitriles is 1. The molecule has 2 aromatic rings. The van der Waals surface area contributed by atoms with Gasteiger partial charge >= 0.3 is 0 Å². The Morgan fingerprint density at radius 3 is 2.79 bits per heavy atom. The van der Waals surface area contributed by atoms with Crippen molar-refractivity contribution in [2.24, 2.45) is 5.10 Å². The highest BCUT2D eigenvalue weighted by atomic mass is 16.7. The molecule has 24 heavy (non-hydrogen) atoms. The van der Waals surface area contributed by atoms with Gasteiger partial charge in [0.2, 0.25) is 6.79 Å². The Morgan fingerprint density at radius 1 is 1.21 bits per heavy atom. The topological polar surface area (TPSA) is 95.7 Å². The van der Waals surface area contributed by atoms with Crippen molar-refractivity contribution in [3.05, 3.63) is 53.6 Å². The fourth-order valence-electron chi connectivity index (χ4n) is 2.05. The van der Waals surface area contributed by atoms with Gasteiger partial charge in [0.1, 0.15) is 0 Å². The van der Waals surface area contributed by atoms with Gasteiger partial charge in [-0.05, 0) is 29.8 Å². The van der Waals surface area contributed by atoms with E-state index in [1.807, 2.05) is 6.07 Å². The van der Waals surface area contributed by atoms with Crippen molar-refractivity contribution < 1.29 is 14.3 Å². The summed E-state index contributed by atoms with van der Waals surface area (Å²) in [6.45, 7) is 0.285. The third-order valence-corrected chi connectivity index (χ3v) is 3.27. The smallest absolute Gasteiger partial charge is 0.259 e. The summed E-state index contributed by atoms with van der Waals surface area (Å²) >= 11 is 0. The van der Waals surface area contributed by atoms with Crippen molar-refractivity contribution in [3.63, 3.8) is 0 Å². The number of amides is 1. The second-order valence-electron chi connectivity index (χ2n) is 4.95. The molecule has 0 saturated heterocycles. The van der Waals surface area contributed by atoms with Gasteiger partial charge in [-0.2, -0.15) is 10.4 Å². The van der Waals surface area contributed by atoms with Gasteiger partial charge in [-0.25, -0.2) is 5.43 Å². The molecule has 3 rings (SSSR count). The molecule has 0 radical (unpaired) electrons. The number of fused-ring (bicyclic) bond motifs is 1. The standard InChI is InChI=1S/C17H14N4O3/c18-8-12-1-3-13(4-2-12)9-20-21-17(22)10-19-14-5-6-15-16(7-14)24-11-23-15/h1-7,9,19H,10-11H2,(H,21,22). The quantitative estimate of drug-likeness (QED) is 0.647. The van der Waals surface area contributed by atoms with E-state index < -0.39 is 0 Å². The van der Waals surface area contributed by atoms with Gasteiger partial charge in [-0.15, -0.1) is 0 Å².